The molecule has 0 radical (unpaired) electrons. The van der Waals surface area contributed by atoms with Crippen LogP contribution in [0.3, 0.4) is 0 Å². The fourth-order valence-corrected chi connectivity index (χ4v) is 2.57. The number of nitrogens with zero attached hydrogens (tertiary/aromatic N) is 2. The summed E-state index contributed by atoms with van der Waals surface area (Å²) in [5, 5.41) is 0. The first-order valence-corrected chi connectivity index (χ1v) is 6.11. The molecule has 1 aromatic heterocycles. The molecule has 3 nitrogen and oxygen atoms in total. The number of halogens is 1. The van der Waals surface area contributed by atoms with Gasteiger partial charge in [-0.05, 0) is 25.0 Å². The summed E-state index contributed by atoms with van der Waals surface area (Å²) in [7, 11) is 1.69. The van der Waals surface area contributed by atoms with Gasteiger partial charge in [0, 0.05) is 24.1 Å². The Kier molecular flexibility index (Phi) is 3.46. The van der Waals surface area contributed by atoms with E-state index in [-0.39, 0.29) is 0 Å². The lowest BCUT2D eigenvalue weighted by atomic mass is 10.1. The number of rotatable bonds is 2. The molecule has 0 aliphatic carbocycles. The quantitative estimate of drug-likeness (QED) is 0.772. The molecular weight excluding hydrogens is 256 g/mol. The van der Waals surface area contributed by atoms with Gasteiger partial charge in [0.1, 0.15) is 0 Å². The van der Waals surface area contributed by atoms with E-state index in [1.165, 1.54) is 12.8 Å². The van der Waals surface area contributed by atoms with Gasteiger partial charge in [-0.2, -0.15) is 0 Å². The number of hydrogen-bond acceptors (Lipinski definition) is 3. The van der Waals surface area contributed by atoms with Crippen LogP contribution in [0.1, 0.15) is 12.8 Å². The number of piperidine rings is 1. The van der Waals surface area contributed by atoms with E-state index < -0.39 is 0 Å². The highest BCUT2D eigenvalue weighted by Crippen LogP contribution is 2.28. The maximum Gasteiger partial charge on any atom is 0.171 e. The number of hydrogen-bond donors (Lipinski definition) is 0. The first-order valence-electron chi connectivity index (χ1n) is 5.19. The van der Waals surface area contributed by atoms with E-state index in [1.807, 2.05) is 18.3 Å². The predicted molar refractivity (Wildman–Crippen MR) is 65.0 cm³/mol. The second-order valence-electron chi connectivity index (χ2n) is 3.71. The van der Waals surface area contributed by atoms with Crippen molar-refractivity contribution in [1.29, 1.82) is 0 Å². The normalized spacial score (nSPS) is 21.5. The molecule has 0 amide bonds. The SMILES string of the molecule is COc1cccnc1N1CCCC(Br)C1. The minimum absolute atomic E-state index is 0.568. The third-order valence-corrected chi connectivity index (χ3v) is 3.38. The first-order chi connectivity index (χ1) is 7.31. The number of ether oxygens (including phenoxy) is 1. The highest BCUT2D eigenvalue weighted by atomic mass is 79.9. The van der Waals surface area contributed by atoms with Crippen LogP contribution in [-0.2, 0) is 0 Å². The zero-order valence-corrected chi connectivity index (χ0v) is 10.4. The standard InChI is InChI=1S/C11H15BrN2O/c1-15-10-5-2-6-13-11(10)14-7-3-4-9(12)8-14/h2,5-6,9H,3-4,7-8H2,1H3. The summed E-state index contributed by atoms with van der Waals surface area (Å²) in [6.45, 7) is 2.07. The largest absolute Gasteiger partial charge is 0.493 e. The van der Waals surface area contributed by atoms with Gasteiger partial charge in [-0.1, -0.05) is 15.9 Å². The van der Waals surface area contributed by atoms with Crippen molar-refractivity contribution in [1.82, 2.24) is 4.98 Å². The van der Waals surface area contributed by atoms with Gasteiger partial charge in [0.05, 0.1) is 7.11 Å². The molecule has 0 aromatic carbocycles. The number of alkyl halides is 1. The molecule has 1 aliphatic rings. The smallest absolute Gasteiger partial charge is 0.171 e. The van der Waals surface area contributed by atoms with Gasteiger partial charge in [-0.3, -0.25) is 0 Å². The molecule has 2 heterocycles. The molecule has 1 atom stereocenters. The van der Waals surface area contributed by atoms with Crippen LogP contribution in [0.15, 0.2) is 18.3 Å². The Balaban J connectivity index is 2.20. The molecule has 1 aliphatic heterocycles. The van der Waals surface area contributed by atoms with E-state index in [0.29, 0.717) is 4.83 Å². The molecule has 1 unspecified atom stereocenters. The van der Waals surface area contributed by atoms with Crippen LogP contribution in [0.5, 0.6) is 5.75 Å². The van der Waals surface area contributed by atoms with E-state index in [1.54, 1.807) is 7.11 Å². The Hall–Kier alpha value is -0.770. The molecule has 15 heavy (non-hydrogen) atoms. The van der Waals surface area contributed by atoms with Gasteiger partial charge < -0.3 is 9.64 Å². The maximum atomic E-state index is 5.31. The van der Waals surface area contributed by atoms with Gasteiger partial charge in [-0.15, -0.1) is 0 Å². The fraction of sp³-hybridized carbons (Fsp3) is 0.545. The van der Waals surface area contributed by atoms with E-state index >= 15 is 0 Å². The minimum Gasteiger partial charge on any atom is -0.493 e. The second kappa shape index (κ2) is 4.84. The third-order valence-electron chi connectivity index (χ3n) is 2.63. The van der Waals surface area contributed by atoms with Crippen molar-refractivity contribution in [2.45, 2.75) is 17.7 Å². The van der Waals surface area contributed by atoms with Crippen molar-refractivity contribution in [2.24, 2.45) is 0 Å². The van der Waals surface area contributed by atoms with Crippen LogP contribution in [0.4, 0.5) is 5.82 Å². The Labute approximate surface area is 98.6 Å². The van der Waals surface area contributed by atoms with Crippen LogP contribution >= 0.6 is 15.9 Å². The summed E-state index contributed by atoms with van der Waals surface area (Å²) in [5.74, 6) is 1.82. The highest BCUT2D eigenvalue weighted by Gasteiger charge is 2.20. The lowest BCUT2D eigenvalue weighted by molar-refractivity contribution is 0.410. The van der Waals surface area contributed by atoms with Crippen LogP contribution < -0.4 is 9.64 Å². The Morgan fingerprint density at radius 1 is 1.60 bits per heavy atom. The van der Waals surface area contributed by atoms with Crippen LogP contribution in [0, 0.1) is 0 Å². The molecule has 0 saturated carbocycles. The molecule has 0 N–H and O–H groups in total. The summed E-state index contributed by atoms with van der Waals surface area (Å²) >= 11 is 3.66. The van der Waals surface area contributed by atoms with Gasteiger partial charge in [0.25, 0.3) is 0 Å². The molecule has 82 valence electrons. The van der Waals surface area contributed by atoms with E-state index in [2.05, 4.69) is 25.8 Å². The molecular formula is C11H15BrN2O. The van der Waals surface area contributed by atoms with Crippen molar-refractivity contribution >= 4 is 21.7 Å². The molecule has 0 spiro atoms. The van der Waals surface area contributed by atoms with Crippen molar-refractivity contribution in [2.75, 3.05) is 25.1 Å². The van der Waals surface area contributed by atoms with Crippen LogP contribution in [0.2, 0.25) is 0 Å². The zero-order chi connectivity index (χ0) is 10.7. The molecule has 1 aromatic rings. The van der Waals surface area contributed by atoms with Gasteiger partial charge in [0.2, 0.25) is 0 Å². The summed E-state index contributed by atoms with van der Waals surface area (Å²) in [6.07, 6.45) is 4.26. The van der Waals surface area contributed by atoms with Crippen molar-refractivity contribution < 1.29 is 4.74 Å². The summed E-state index contributed by atoms with van der Waals surface area (Å²) < 4.78 is 5.31. The van der Waals surface area contributed by atoms with Crippen LogP contribution in [0.25, 0.3) is 0 Å². The van der Waals surface area contributed by atoms with Gasteiger partial charge in [0.15, 0.2) is 11.6 Å². The zero-order valence-electron chi connectivity index (χ0n) is 8.82. The maximum absolute atomic E-state index is 5.31. The molecule has 2 rings (SSSR count). The number of pyridine rings is 1. The number of methoxy groups -OCH3 is 1. The number of anilines is 1. The topological polar surface area (TPSA) is 25.4 Å². The third kappa shape index (κ3) is 2.43. The van der Waals surface area contributed by atoms with E-state index in [4.69, 9.17) is 4.74 Å². The van der Waals surface area contributed by atoms with Gasteiger partial charge in [-0.25, -0.2) is 4.98 Å². The Morgan fingerprint density at radius 2 is 2.47 bits per heavy atom. The average Bonchev–Trinajstić information content (AvgIpc) is 2.29. The van der Waals surface area contributed by atoms with E-state index in [0.717, 1.165) is 24.7 Å². The molecule has 0 bridgehead atoms. The predicted octanol–water partition coefficient (Wildman–Crippen LogP) is 2.45. The molecule has 1 fully saturated rings. The van der Waals surface area contributed by atoms with Gasteiger partial charge >= 0.3 is 0 Å². The first kappa shape index (κ1) is 10.7. The Bertz CT molecular complexity index is 332. The number of aromatic nitrogens is 1. The highest BCUT2D eigenvalue weighted by molar-refractivity contribution is 9.09. The van der Waals surface area contributed by atoms with Crippen LogP contribution in [-0.4, -0.2) is 30.0 Å². The van der Waals surface area contributed by atoms with E-state index in [9.17, 15) is 0 Å². The summed E-state index contributed by atoms with van der Waals surface area (Å²) in [6, 6.07) is 3.86. The molecule has 1 saturated heterocycles. The monoisotopic (exact) mass is 270 g/mol. The average molecular weight is 271 g/mol. The van der Waals surface area contributed by atoms with Crippen molar-refractivity contribution in [3.8, 4) is 5.75 Å². The van der Waals surface area contributed by atoms with Crippen molar-refractivity contribution in [3.63, 3.8) is 0 Å². The second-order valence-corrected chi connectivity index (χ2v) is 5.01. The lowest BCUT2D eigenvalue weighted by Crippen LogP contribution is -2.36. The summed E-state index contributed by atoms with van der Waals surface area (Å²) in [4.78, 5) is 7.23. The molecule has 4 heteroatoms. The van der Waals surface area contributed by atoms with Crippen molar-refractivity contribution in [3.05, 3.63) is 18.3 Å². The lowest BCUT2D eigenvalue weighted by Gasteiger charge is -2.31. The minimum atomic E-state index is 0.568. The summed E-state index contributed by atoms with van der Waals surface area (Å²) in [5.41, 5.74) is 0. The Morgan fingerprint density at radius 3 is 3.20 bits per heavy atom. The fourth-order valence-electron chi connectivity index (χ4n) is 1.90.